The fourth-order valence-electron chi connectivity index (χ4n) is 1.93. The van der Waals surface area contributed by atoms with Crippen molar-refractivity contribution >= 4 is 39.5 Å². The lowest BCUT2D eigenvalue weighted by molar-refractivity contribution is 0.599. The Kier molecular flexibility index (Phi) is 7.96. The molecule has 2 rings (SSSR count). The van der Waals surface area contributed by atoms with Gasteiger partial charge in [0.15, 0.2) is 9.84 Å². The van der Waals surface area contributed by atoms with Crippen LogP contribution in [0.2, 0.25) is 0 Å². The predicted octanol–water partition coefficient (Wildman–Crippen LogP) is 3.95. The first-order chi connectivity index (χ1) is 11.1. The number of sulfone groups is 1. The highest BCUT2D eigenvalue weighted by atomic mass is 36.0. The zero-order valence-electron chi connectivity index (χ0n) is 12.6. The van der Waals surface area contributed by atoms with E-state index in [2.05, 4.69) is 27.9 Å². The molecule has 0 aliphatic rings. The molecule has 0 aliphatic carbocycles. The maximum Gasteiger partial charge on any atom is 0.317 e. The molecule has 0 bridgehead atoms. The van der Waals surface area contributed by atoms with Crippen LogP contribution in [0.4, 0.5) is 0 Å². The Morgan fingerprint density at radius 2 is 1.42 bits per heavy atom. The summed E-state index contributed by atoms with van der Waals surface area (Å²) in [4.78, 5) is 0.362. The average molecular weight is 407 g/mol. The van der Waals surface area contributed by atoms with Gasteiger partial charge in [0.25, 0.3) is 0 Å². The first-order valence-electron chi connectivity index (χ1n) is 6.72. The molecule has 4 nitrogen and oxygen atoms in total. The monoisotopic (exact) mass is 406 g/mol. The van der Waals surface area contributed by atoms with Crippen LogP contribution in [0.5, 0.6) is 0 Å². The first kappa shape index (κ1) is 20.7. The molecular formula is C16H16Cl2O4S2. The van der Waals surface area contributed by atoms with Crippen molar-refractivity contribution in [1.29, 1.82) is 0 Å². The highest BCUT2D eigenvalue weighted by molar-refractivity contribution is 8.31. The van der Waals surface area contributed by atoms with Gasteiger partial charge in [0, 0.05) is 21.4 Å². The minimum absolute atomic E-state index is 0.0260. The zero-order valence-corrected chi connectivity index (χ0v) is 15.7. The van der Waals surface area contributed by atoms with Gasteiger partial charge < -0.3 is 0 Å². The third kappa shape index (κ3) is 8.49. The number of halogens is 2. The van der Waals surface area contributed by atoms with Crippen LogP contribution < -0.4 is 0 Å². The van der Waals surface area contributed by atoms with E-state index in [0.717, 1.165) is 12.0 Å². The molecular weight excluding hydrogens is 391 g/mol. The molecule has 0 N–H and O–H groups in total. The number of rotatable bonds is 5. The molecule has 0 saturated carbocycles. The summed E-state index contributed by atoms with van der Waals surface area (Å²) in [5, 5.41) is 0. The van der Waals surface area contributed by atoms with E-state index in [4.69, 9.17) is 8.42 Å². The van der Waals surface area contributed by atoms with E-state index in [1.807, 2.05) is 36.4 Å². The SMILES string of the molecule is C=CCS(=O)(=O)c1cccc(Cc2ccccc2)c1.O=S(=O)(Cl)Cl. The van der Waals surface area contributed by atoms with Crippen LogP contribution in [0, 0.1) is 0 Å². The van der Waals surface area contributed by atoms with Gasteiger partial charge in [-0.1, -0.05) is 48.5 Å². The van der Waals surface area contributed by atoms with Crippen molar-refractivity contribution in [3.8, 4) is 0 Å². The maximum atomic E-state index is 12.0. The molecule has 0 atom stereocenters. The fraction of sp³-hybridized carbons (Fsp3) is 0.125. The van der Waals surface area contributed by atoms with E-state index < -0.39 is 18.1 Å². The maximum absolute atomic E-state index is 12.0. The quantitative estimate of drug-likeness (QED) is 0.556. The number of hydrogen-bond acceptors (Lipinski definition) is 4. The van der Waals surface area contributed by atoms with Crippen LogP contribution in [0.3, 0.4) is 0 Å². The Morgan fingerprint density at radius 1 is 0.875 bits per heavy atom. The molecule has 0 heterocycles. The van der Waals surface area contributed by atoms with E-state index >= 15 is 0 Å². The molecule has 0 unspecified atom stereocenters. The second-order valence-electron chi connectivity index (χ2n) is 4.76. The molecule has 0 radical (unpaired) electrons. The standard InChI is InChI=1S/C16H16O2S.Cl2O2S/c1-2-11-19(17,18)16-10-6-9-15(13-16)12-14-7-4-3-5-8-14;1-5(2,3)4/h2-10,13H,1,11-12H2;. The molecule has 0 spiro atoms. The molecule has 8 heteroatoms. The smallest absolute Gasteiger partial charge is 0.223 e. The topological polar surface area (TPSA) is 68.3 Å². The van der Waals surface area contributed by atoms with Crippen LogP contribution in [-0.4, -0.2) is 22.6 Å². The summed E-state index contributed by atoms with van der Waals surface area (Å²) in [6, 6.07) is 17.1. The molecule has 0 amide bonds. The van der Waals surface area contributed by atoms with Crippen molar-refractivity contribution in [1.82, 2.24) is 0 Å². The fourth-order valence-corrected chi connectivity index (χ4v) is 3.05. The van der Waals surface area contributed by atoms with Crippen molar-refractivity contribution in [3.63, 3.8) is 0 Å². The Morgan fingerprint density at radius 3 is 1.96 bits per heavy atom. The third-order valence-corrected chi connectivity index (χ3v) is 4.49. The van der Waals surface area contributed by atoms with Crippen LogP contribution in [0.25, 0.3) is 0 Å². The number of benzene rings is 2. The van der Waals surface area contributed by atoms with Gasteiger partial charge in [-0.25, -0.2) is 8.42 Å². The summed E-state index contributed by atoms with van der Waals surface area (Å²) in [5.74, 6) is -0.0260. The van der Waals surface area contributed by atoms with Gasteiger partial charge >= 0.3 is 8.26 Å². The second kappa shape index (κ2) is 9.22. The highest BCUT2D eigenvalue weighted by Crippen LogP contribution is 2.16. The summed E-state index contributed by atoms with van der Waals surface area (Å²) < 4.78 is 42.3. The number of hydrogen-bond donors (Lipinski definition) is 0. The Labute approximate surface area is 151 Å². The molecule has 0 aliphatic heterocycles. The zero-order chi connectivity index (χ0) is 18.2. The average Bonchev–Trinajstić information content (AvgIpc) is 2.47. The molecule has 2 aromatic carbocycles. The summed E-state index contributed by atoms with van der Waals surface area (Å²) >= 11 is 0. The normalized spacial score (nSPS) is 11.2. The summed E-state index contributed by atoms with van der Waals surface area (Å²) in [6.07, 6.45) is 2.15. The molecule has 0 aromatic heterocycles. The van der Waals surface area contributed by atoms with Crippen molar-refractivity contribution in [3.05, 3.63) is 78.4 Å². The third-order valence-electron chi connectivity index (χ3n) is 2.85. The van der Waals surface area contributed by atoms with Crippen LogP contribution in [0.15, 0.2) is 72.1 Å². The van der Waals surface area contributed by atoms with E-state index in [1.54, 1.807) is 18.2 Å². The van der Waals surface area contributed by atoms with Crippen molar-refractivity contribution in [2.24, 2.45) is 0 Å². The van der Waals surface area contributed by atoms with Crippen molar-refractivity contribution < 1.29 is 16.8 Å². The highest BCUT2D eigenvalue weighted by Gasteiger charge is 2.12. The Bertz CT molecular complexity index is 869. The van der Waals surface area contributed by atoms with Gasteiger partial charge in [-0.2, -0.15) is 8.42 Å². The van der Waals surface area contributed by atoms with Crippen LogP contribution >= 0.6 is 21.4 Å². The lowest BCUT2D eigenvalue weighted by atomic mass is 10.1. The summed E-state index contributed by atoms with van der Waals surface area (Å²) in [7, 11) is 1.57. The van der Waals surface area contributed by atoms with Gasteiger partial charge in [-0.3, -0.25) is 0 Å². The van der Waals surface area contributed by atoms with E-state index in [1.165, 1.54) is 11.6 Å². The molecule has 24 heavy (non-hydrogen) atoms. The van der Waals surface area contributed by atoms with Crippen LogP contribution in [-0.2, 0) is 24.5 Å². The largest absolute Gasteiger partial charge is 0.317 e. The minimum Gasteiger partial charge on any atom is -0.223 e. The Hall–Kier alpha value is -1.34. The lowest BCUT2D eigenvalue weighted by Crippen LogP contribution is -2.05. The van der Waals surface area contributed by atoms with E-state index in [0.29, 0.717) is 4.90 Å². The van der Waals surface area contributed by atoms with Gasteiger partial charge in [0.1, 0.15) is 0 Å². The lowest BCUT2D eigenvalue weighted by Gasteiger charge is -2.05. The van der Waals surface area contributed by atoms with Gasteiger partial charge in [-0.05, 0) is 29.7 Å². The molecule has 0 saturated heterocycles. The predicted molar refractivity (Wildman–Crippen MR) is 98.6 cm³/mol. The summed E-state index contributed by atoms with van der Waals surface area (Å²) in [5.41, 5.74) is 2.16. The minimum atomic E-state index is -3.72. The van der Waals surface area contributed by atoms with Crippen LogP contribution in [0.1, 0.15) is 11.1 Å². The molecule has 0 fully saturated rings. The van der Waals surface area contributed by atoms with E-state index in [9.17, 15) is 8.42 Å². The van der Waals surface area contributed by atoms with Crippen molar-refractivity contribution in [2.75, 3.05) is 5.75 Å². The molecule has 130 valence electrons. The van der Waals surface area contributed by atoms with Crippen molar-refractivity contribution in [2.45, 2.75) is 11.3 Å². The van der Waals surface area contributed by atoms with Gasteiger partial charge in [-0.15, -0.1) is 6.58 Å². The Balaban J connectivity index is 0.000000505. The first-order valence-corrected chi connectivity index (χ1v) is 11.5. The summed E-state index contributed by atoms with van der Waals surface area (Å²) in [6.45, 7) is 3.48. The molecule has 2 aromatic rings. The van der Waals surface area contributed by atoms with E-state index in [-0.39, 0.29) is 5.75 Å². The van der Waals surface area contributed by atoms with Gasteiger partial charge in [0.05, 0.1) is 10.6 Å². The second-order valence-corrected chi connectivity index (χ2v) is 10.5. The van der Waals surface area contributed by atoms with Gasteiger partial charge in [0.2, 0.25) is 0 Å².